The molecule has 7 rings (SSSR count). The quantitative estimate of drug-likeness (QED) is 0.385. The zero-order valence-electron chi connectivity index (χ0n) is 21.1. The van der Waals surface area contributed by atoms with Crippen molar-refractivity contribution >= 4 is 11.8 Å². The summed E-state index contributed by atoms with van der Waals surface area (Å²) >= 11 is 0. The monoisotopic (exact) mass is 486 g/mol. The van der Waals surface area contributed by atoms with Crippen molar-refractivity contribution in [3.63, 3.8) is 0 Å². The van der Waals surface area contributed by atoms with Crippen LogP contribution in [0, 0.1) is 39.9 Å². The summed E-state index contributed by atoms with van der Waals surface area (Å²) < 4.78 is 12.0. The minimum absolute atomic E-state index is 0.0588. The molecule has 6 fully saturated rings. The van der Waals surface area contributed by atoms with Gasteiger partial charge in [-0.1, -0.05) is 13.8 Å². The Morgan fingerprint density at radius 1 is 0.971 bits per heavy atom. The summed E-state index contributed by atoms with van der Waals surface area (Å²) in [7, 11) is 0. The number of carbonyl (C=O) groups excluding carboxylic acids is 2. The first-order chi connectivity index (χ1) is 16.3. The lowest BCUT2D eigenvalue weighted by atomic mass is 9.44. The first kappa shape index (κ1) is 22.9. The second kappa shape index (κ2) is 6.23. The Morgan fingerprint density at radius 2 is 1.69 bits per heavy atom. The van der Waals surface area contributed by atoms with Crippen LogP contribution in [0.2, 0.25) is 0 Å². The third-order valence-electron chi connectivity index (χ3n) is 13.0. The Balaban J connectivity index is 1.24. The second-order valence-electron chi connectivity index (χ2n) is 13.9. The number of hydrogen-bond donors (Lipinski definition) is 3. The smallest absolute Gasteiger partial charge is 0.338 e. The fourth-order valence-corrected chi connectivity index (χ4v) is 10.6. The van der Waals surface area contributed by atoms with Crippen molar-refractivity contribution in [2.24, 2.45) is 39.9 Å². The Bertz CT molecular complexity index is 1070. The zero-order valence-corrected chi connectivity index (χ0v) is 21.1. The molecular formula is C28H38O7. The number of hydrogen-bond acceptors (Lipinski definition) is 7. The molecule has 7 aliphatic rings. The van der Waals surface area contributed by atoms with E-state index < -0.39 is 39.7 Å². The summed E-state index contributed by atoms with van der Waals surface area (Å²) in [6.07, 6.45) is 6.90. The van der Waals surface area contributed by atoms with Crippen LogP contribution in [-0.2, 0) is 19.1 Å². The van der Waals surface area contributed by atoms with Gasteiger partial charge >= 0.3 is 5.97 Å². The van der Waals surface area contributed by atoms with E-state index in [0.29, 0.717) is 19.3 Å². The van der Waals surface area contributed by atoms with Crippen molar-refractivity contribution in [2.75, 3.05) is 0 Å². The summed E-state index contributed by atoms with van der Waals surface area (Å²) in [5.74, 6) is -0.163. The van der Waals surface area contributed by atoms with Gasteiger partial charge < -0.3 is 24.8 Å². The largest absolute Gasteiger partial charge is 0.460 e. The first-order valence-electron chi connectivity index (χ1n) is 13.5. The lowest BCUT2D eigenvalue weighted by molar-refractivity contribution is -0.201. The molecule has 35 heavy (non-hydrogen) atoms. The highest BCUT2D eigenvalue weighted by molar-refractivity contribution is 5.98. The van der Waals surface area contributed by atoms with Crippen LogP contribution in [0.15, 0.2) is 12.2 Å². The summed E-state index contributed by atoms with van der Waals surface area (Å²) in [6, 6.07) is 0. The minimum atomic E-state index is -1.55. The fraction of sp³-hybridized carbons (Fsp3) is 0.857. The Morgan fingerprint density at radius 3 is 2.43 bits per heavy atom. The van der Waals surface area contributed by atoms with Crippen LogP contribution in [0.1, 0.15) is 72.6 Å². The van der Waals surface area contributed by atoms with Crippen LogP contribution in [0.5, 0.6) is 0 Å². The second-order valence-corrected chi connectivity index (χ2v) is 13.9. The number of rotatable bonds is 1. The molecular weight excluding hydrogens is 448 g/mol. The summed E-state index contributed by atoms with van der Waals surface area (Å²) in [6.45, 7) is 7.72. The van der Waals surface area contributed by atoms with Gasteiger partial charge in [-0.05, 0) is 94.1 Å². The molecule has 2 heterocycles. The molecule has 4 saturated carbocycles. The first-order valence-corrected chi connectivity index (χ1v) is 13.5. The van der Waals surface area contributed by atoms with Crippen LogP contribution in [-0.4, -0.2) is 62.2 Å². The van der Waals surface area contributed by atoms with E-state index in [-0.39, 0.29) is 47.1 Å². The van der Waals surface area contributed by atoms with Crippen LogP contribution < -0.4 is 0 Å². The Labute approximate surface area is 206 Å². The number of ketones is 1. The van der Waals surface area contributed by atoms with E-state index in [9.17, 15) is 24.9 Å². The topological polar surface area (TPSA) is 117 Å². The number of epoxide rings is 1. The van der Waals surface area contributed by atoms with Gasteiger partial charge in [0.1, 0.15) is 17.8 Å². The van der Waals surface area contributed by atoms with Crippen LogP contribution in [0.25, 0.3) is 0 Å². The maximum Gasteiger partial charge on any atom is 0.338 e. The van der Waals surface area contributed by atoms with Crippen molar-refractivity contribution in [1.29, 1.82) is 0 Å². The van der Waals surface area contributed by atoms with Gasteiger partial charge in [0.05, 0.1) is 17.1 Å². The third kappa shape index (κ3) is 2.23. The van der Waals surface area contributed by atoms with E-state index in [2.05, 4.69) is 6.92 Å². The van der Waals surface area contributed by atoms with Crippen molar-refractivity contribution in [1.82, 2.24) is 0 Å². The van der Waals surface area contributed by atoms with Crippen molar-refractivity contribution in [3.8, 4) is 0 Å². The van der Waals surface area contributed by atoms with Gasteiger partial charge in [0.15, 0.2) is 11.4 Å². The predicted molar refractivity (Wildman–Crippen MR) is 124 cm³/mol. The lowest BCUT2D eigenvalue weighted by Gasteiger charge is -2.59. The standard InChI is InChI=1S/C28H38O7/c1-23-12-17(18(13-23)34-22(31)26(23,4)32)27(33)10-8-15-14-11-21-28(35-21)20(30)6-5-19(29)25(28,3)16(14)7-9-24(15,27)2/h5-6,14-18,20-21,30,32-33H,7-13H2,1-4H3/t14-,15-,16-,17?,18+,20-,21+,23+,24-,25-,26-,27-,28+/m0/s1. The van der Waals surface area contributed by atoms with Gasteiger partial charge in [0, 0.05) is 11.3 Å². The van der Waals surface area contributed by atoms with Gasteiger partial charge in [-0.3, -0.25) is 4.79 Å². The molecule has 7 heteroatoms. The van der Waals surface area contributed by atoms with Crippen LogP contribution >= 0.6 is 0 Å². The number of carbonyl (C=O) groups is 2. The molecule has 5 aliphatic carbocycles. The van der Waals surface area contributed by atoms with Crippen molar-refractivity contribution < 1.29 is 34.4 Å². The molecule has 2 saturated heterocycles. The number of aliphatic hydroxyl groups excluding tert-OH is 1. The maximum absolute atomic E-state index is 13.3. The van der Waals surface area contributed by atoms with Gasteiger partial charge in [-0.15, -0.1) is 0 Å². The highest BCUT2D eigenvalue weighted by Crippen LogP contribution is 2.74. The molecule has 13 atom stereocenters. The molecule has 1 unspecified atom stereocenters. The molecule has 1 spiro atoms. The normalized spacial score (nSPS) is 64.1. The molecule has 0 aromatic carbocycles. The highest BCUT2D eigenvalue weighted by Gasteiger charge is 2.81. The van der Waals surface area contributed by atoms with Gasteiger partial charge in [-0.2, -0.15) is 0 Å². The van der Waals surface area contributed by atoms with E-state index in [1.165, 1.54) is 0 Å². The maximum atomic E-state index is 13.3. The van der Waals surface area contributed by atoms with Crippen molar-refractivity contribution in [3.05, 3.63) is 12.2 Å². The Kier molecular flexibility index (Phi) is 4.07. The van der Waals surface area contributed by atoms with E-state index >= 15 is 0 Å². The number of esters is 1. The number of allylic oxidation sites excluding steroid dienone is 1. The van der Waals surface area contributed by atoms with Gasteiger partial charge in [0.2, 0.25) is 0 Å². The van der Waals surface area contributed by atoms with E-state index in [0.717, 1.165) is 25.7 Å². The fourth-order valence-electron chi connectivity index (χ4n) is 10.6. The SMILES string of the molecule is C[C@@]12CC([C@@]3(O)CC[C@H]4[C@@H]5C[C@H]6O[C@]67[C@@H](O)C=CC(=O)[C@]7(C)[C@H]5CC[C@@]43C)[C@@H](C1)OC(=O)[C@]2(C)O. The third-order valence-corrected chi connectivity index (χ3v) is 13.0. The molecule has 2 aliphatic heterocycles. The molecule has 0 radical (unpaired) electrons. The van der Waals surface area contributed by atoms with Gasteiger partial charge in [0.25, 0.3) is 0 Å². The van der Waals surface area contributed by atoms with Crippen molar-refractivity contribution in [2.45, 2.75) is 108 Å². The van der Waals surface area contributed by atoms with E-state index in [4.69, 9.17) is 9.47 Å². The number of fused-ring (bicyclic) bond motifs is 6. The molecule has 3 N–H and O–H groups in total. The minimum Gasteiger partial charge on any atom is -0.460 e. The van der Waals surface area contributed by atoms with E-state index in [1.54, 1.807) is 19.1 Å². The summed E-state index contributed by atoms with van der Waals surface area (Å²) in [5.41, 5.74) is -5.08. The van der Waals surface area contributed by atoms with E-state index in [1.807, 2.05) is 13.8 Å². The molecule has 192 valence electrons. The number of ether oxygens (including phenoxy) is 2. The average Bonchev–Trinajstić information content (AvgIpc) is 3.35. The average molecular weight is 487 g/mol. The number of aliphatic hydroxyl groups is 3. The van der Waals surface area contributed by atoms with Crippen LogP contribution in [0.4, 0.5) is 0 Å². The lowest BCUT2D eigenvalue weighted by Crippen LogP contribution is -2.65. The Hall–Kier alpha value is -1.28. The predicted octanol–water partition coefficient (Wildman–Crippen LogP) is 2.30. The summed E-state index contributed by atoms with van der Waals surface area (Å²) in [4.78, 5) is 26.0. The molecule has 0 aromatic heterocycles. The highest BCUT2D eigenvalue weighted by atomic mass is 16.6. The van der Waals surface area contributed by atoms with Gasteiger partial charge in [-0.25, -0.2) is 4.79 Å². The molecule has 0 aromatic rings. The zero-order chi connectivity index (χ0) is 25.0. The molecule has 2 bridgehead atoms. The molecule has 7 nitrogen and oxygen atoms in total. The molecule has 0 amide bonds. The summed E-state index contributed by atoms with van der Waals surface area (Å²) in [5, 5.41) is 34.3. The van der Waals surface area contributed by atoms with Crippen LogP contribution in [0.3, 0.4) is 0 Å².